The molecule has 3 aromatic rings. The fourth-order valence-electron chi connectivity index (χ4n) is 4.36. The van der Waals surface area contributed by atoms with Gasteiger partial charge in [-0.15, -0.1) is 0 Å². The van der Waals surface area contributed by atoms with Crippen molar-refractivity contribution >= 4 is 17.3 Å². The van der Waals surface area contributed by atoms with Crippen LogP contribution in [0.5, 0.6) is 0 Å². The zero-order chi connectivity index (χ0) is 21.1. The SMILES string of the molecule is Cc1cc(C2C(c3ccccn3)NC(=S)N2CCCO)c(C)n1Cc1ccccc1. The van der Waals surface area contributed by atoms with E-state index in [9.17, 15) is 5.11 Å². The molecule has 1 aliphatic rings. The molecule has 0 bridgehead atoms. The first-order valence-electron chi connectivity index (χ1n) is 10.4. The van der Waals surface area contributed by atoms with Gasteiger partial charge in [-0.25, -0.2) is 0 Å². The molecule has 0 aliphatic carbocycles. The summed E-state index contributed by atoms with van der Waals surface area (Å²) in [5.74, 6) is 0. The molecule has 1 fully saturated rings. The van der Waals surface area contributed by atoms with E-state index in [1.165, 1.54) is 22.5 Å². The summed E-state index contributed by atoms with van der Waals surface area (Å²) in [5, 5.41) is 13.6. The van der Waals surface area contributed by atoms with Crippen molar-refractivity contribution < 1.29 is 5.11 Å². The van der Waals surface area contributed by atoms with Gasteiger partial charge in [-0.3, -0.25) is 4.98 Å². The monoisotopic (exact) mass is 420 g/mol. The van der Waals surface area contributed by atoms with Gasteiger partial charge < -0.3 is 19.9 Å². The van der Waals surface area contributed by atoms with Crippen molar-refractivity contribution in [3.8, 4) is 0 Å². The van der Waals surface area contributed by atoms with Crippen molar-refractivity contribution in [3.63, 3.8) is 0 Å². The van der Waals surface area contributed by atoms with E-state index in [1.54, 1.807) is 0 Å². The minimum atomic E-state index is -0.0249. The maximum absolute atomic E-state index is 9.41. The molecule has 5 nitrogen and oxygen atoms in total. The average molecular weight is 421 g/mol. The van der Waals surface area contributed by atoms with E-state index in [1.807, 2.05) is 30.5 Å². The summed E-state index contributed by atoms with van der Waals surface area (Å²) in [7, 11) is 0. The molecule has 3 heterocycles. The number of thiocarbonyl (C=S) groups is 1. The molecule has 0 saturated carbocycles. The van der Waals surface area contributed by atoms with Crippen LogP contribution in [-0.4, -0.2) is 37.8 Å². The molecule has 2 unspecified atom stereocenters. The van der Waals surface area contributed by atoms with Crippen molar-refractivity contribution in [3.05, 3.63) is 89.0 Å². The van der Waals surface area contributed by atoms with E-state index in [0.717, 1.165) is 17.4 Å². The Hall–Kier alpha value is -2.70. The van der Waals surface area contributed by atoms with Crippen LogP contribution in [0.1, 0.15) is 46.7 Å². The van der Waals surface area contributed by atoms with E-state index in [2.05, 4.69) is 63.9 Å². The van der Waals surface area contributed by atoms with Gasteiger partial charge in [-0.2, -0.15) is 0 Å². The number of nitrogens with one attached hydrogen (secondary N) is 1. The van der Waals surface area contributed by atoms with Gasteiger partial charge in [0.05, 0.1) is 17.8 Å². The van der Waals surface area contributed by atoms with Gasteiger partial charge in [-0.1, -0.05) is 36.4 Å². The maximum atomic E-state index is 9.41. The highest BCUT2D eigenvalue weighted by molar-refractivity contribution is 7.80. The molecular weight excluding hydrogens is 392 g/mol. The van der Waals surface area contributed by atoms with Crippen LogP contribution in [0.3, 0.4) is 0 Å². The summed E-state index contributed by atoms with van der Waals surface area (Å²) in [6, 6.07) is 18.8. The number of aliphatic hydroxyl groups excluding tert-OH is 1. The van der Waals surface area contributed by atoms with Crippen LogP contribution >= 0.6 is 12.2 Å². The van der Waals surface area contributed by atoms with Crippen molar-refractivity contribution in [1.82, 2.24) is 19.8 Å². The summed E-state index contributed by atoms with van der Waals surface area (Å²) in [6.07, 6.45) is 2.50. The Bertz CT molecular complexity index is 1000. The minimum Gasteiger partial charge on any atom is -0.396 e. The molecule has 156 valence electrons. The second kappa shape index (κ2) is 8.98. The largest absolute Gasteiger partial charge is 0.396 e. The van der Waals surface area contributed by atoms with E-state index in [0.29, 0.717) is 13.0 Å². The fraction of sp³-hybridized carbons (Fsp3) is 0.333. The van der Waals surface area contributed by atoms with Crippen LogP contribution in [0.4, 0.5) is 0 Å². The van der Waals surface area contributed by atoms with E-state index in [-0.39, 0.29) is 18.7 Å². The second-order valence-corrected chi connectivity index (χ2v) is 8.18. The van der Waals surface area contributed by atoms with Crippen LogP contribution < -0.4 is 5.32 Å². The third-order valence-corrected chi connectivity index (χ3v) is 6.22. The smallest absolute Gasteiger partial charge is 0.170 e. The Morgan fingerprint density at radius 1 is 1.10 bits per heavy atom. The van der Waals surface area contributed by atoms with E-state index < -0.39 is 0 Å². The number of nitrogens with zero attached hydrogens (tertiary/aromatic N) is 3. The molecule has 2 aromatic heterocycles. The Balaban J connectivity index is 1.74. The molecule has 0 radical (unpaired) electrons. The van der Waals surface area contributed by atoms with Gasteiger partial charge in [0.15, 0.2) is 5.11 Å². The number of aliphatic hydroxyl groups is 1. The summed E-state index contributed by atoms with van der Waals surface area (Å²) in [6.45, 7) is 6.04. The zero-order valence-corrected chi connectivity index (χ0v) is 18.3. The third-order valence-electron chi connectivity index (χ3n) is 5.87. The molecule has 6 heteroatoms. The predicted molar refractivity (Wildman–Crippen MR) is 123 cm³/mol. The molecule has 30 heavy (non-hydrogen) atoms. The number of hydrogen-bond donors (Lipinski definition) is 2. The van der Waals surface area contributed by atoms with Crippen molar-refractivity contribution in [2.75, 3.05) is 13.2 Å². The van der Waals surface area contributed by atoms with Crippen LogP contribution in [0.2, 0.25) is 0 Å². The highest BCUT2D eigenvalue weighted by Crippen LogP contribution is 2.40. The number of aryl methyl sites for hydroxylation is 1. The Kier molecular flexibility index (Phi) is 6.16. The minimum absolute atomic E-state index is 0.0249. The van der Waals surface area contributed by atoms with Crippen LogP contribution in [0.15, 0.2) is 60.8 Å². The summed E-state index contributed by atoms with van der Waals surface area (Å²) < 4.78 is 2.37. The Morgan fingerprint density at radius 2 is 1.87 bits per heavy atom. The second-order valence-electron chi connectivity index (χ2n) is 7.80. The van der Waals surface area contributed by atoms with Crippen LogP contribution in [0.25, 0.3) is 0 Å². The third kappa shape index (κ3) is 3.98. The summed E-state index contributed by atoms with van der Waals surface area (Å²) in [5.41, 5.74) is 5.98. The molecular formula is C24H28N4OS. The van der Waals surface area contributed by atoms with Crippen molar-refractivity contribution in [2.24, 2.45) is 0 Å². The first-order chi connectivity index (χ1) is 14.6. The normalized spacial score (nSPS) is 18.6. The molecule has 4 rings (SSSR count). The van der Waals surface area contributed by atoms with Gasteiger partial charge in [0.25, 0.3) is 0 Å². The van der Waals surface area contributed by atoms with Crippen molar-refractivity contribution in [2.45, 2.75) is 38.9 Å². The standard InChI is InChI=1S/C24H28N4OS/c1-17-15-20(18(2)28(17)16-19-9-4-3-5-10-19)23-22(21-11-6-7-12-25-21)26-24(30)27(23)13-8-14-29/h3-7,9-12,15,22-23,29H,8,13-14,16H2,1-2H3,(H,26,30). The number of pyridine rings is 1. The lowest BCUT2D eigenvalue weighted by Crippen LogP contribution is -2.31. The molecule has 1 aliphatic heterocycles. The molecule has 0 amide bonds. The molecule has 1 aromatic carbocycles. The quantitative estimate of drug-likeness (QED) is 0.568. The fourth-order valence-corrected chi connectivity index (χ4v) is 4.69. The van der Waals surface area contributed by atoms with Crippen LogP contribution in [0, 0.1) is 13.8 Å². The van der Waals surface area contributed by atoms with Gasteiger partial charge in [0.2, 0.25) is 0 Å². The highest BCUT2D eigenvalue weighted by Gasteiger charge is 2.40. The topological polar surface area (TPSA) is 53.3 Å². The van der Waals surface area contributed by atoms with Gasteiger partial charge in [-0.05, 0) is 61.8 Å². The Labute approximate surface area is 183 Å². The lowest BCUT2D eigenvalue weighted by molar-refractivity contribution is 0.247. The number of rotatable bonds is 7. The Morgan fingerprint density at radius 3 is 2.57 bits per heavy atom. The maximum Gasteiger partial charge on any atom is 0.170 e. The van der Waals surface area contributed by atoms with Gasteiger partial charge in [0.1, 0.15) is 0 Å². The van der Waals surface area contributed by atoms with Crippen LogP contribution in [-0.2, 0) is 6.54 Å². The number of hydrogen-bond acceptors (Lipinski definition) is 3. The highest BCUT2D eigenvalue weighted by atomic mass is 32.1. The number of aromatic nitrogens is 2. The molecule has 2 N–H and O–H groups in total. The van der Waals surface area contributed by atoms with E-state index in [4.69, 9.17) is 12.2 Å². The van der Waals surface area contributed by atoms with E-state index >= 15 is 0 Å². The zero-order valence-electron chi connectivity index (χ0n) is 17.5. The first kappa shape index (κ1) is 20.6. The molecule has 0 spiro atoms. The lowest BCUT2D eigenvalue weighted by Gasteiger charge is -2.28. The predicted octanol–water partition coefficient (Wildman–Crippen LogP) is 3.90. The average Bonchev–Trinajstić information content (AvgIpc) is 3.24. The summed E-state index contributed by atoms with van der Waals surface area (Å²) in [4.78, 5) is 6.82. The molecule has 2 atom stereocenters. The van der Waals surface area contributed by atoms with Gasteiger partial charge in [0, 0.05) is 37.3 Å². The summed E-state index contributed by atoms with van der Waals surface area (Å²) >= 11 is 5.69. The first-order valence-corrected chi connectivity index (χ1v) is 10.8. The van der Waals surface area contributed by atoms with Gasteiger partial charge >= 0.3 is 0 Å². The number of benzene rings is 1. The molecule has 1 saturated heterocycles. The lowest BCUT2D eigenvalue weighted by atomic mass is 9.96. The van der Waals surface area contributed by atoms with Crippen molar-refractivity contribution in [1.29, 1.82) is 0 Å².